The van der Waals surface area contributed by atoms with Crippen LogP contribution in [0.25, 0.3) is 10.4 Å². The van der Waals surface area contributed by atoms with E-state index in [0.717, 1.165) is 0 Å². The van der Waals surface area contributed by atoms with Crippen molar-refractivity contribution in [1.29, 1.82) is 0 Å². The van der Waals surface area contributed by atoms with Gasteiger partial charge in [-0.3, -0.25) is 4.79 Å². The lowest BCUT2D eigenvalue weighted by molar-refractivity contribution is -0.123. The van der Waals surface area contributed by atoms with E-state index in [4.69, 9.17) is 25.2 Å². The highest BCUT2D eigenvalue weighted by atomic mass is 16.5. The Labute approximate surface area is 111 Å². The second-order valence-electron chi connectivity index (χ2n) is 3.56. The number of aliphatic hydroxyl groups is 2. The second-order valence-corrected chi connectivity index (χ2v) is 3.56. The zero-order chi connectivity index (χ0) is 14.3. The maximum Gasteiger partial charge on any atom is 0.222 e. The molecule has 0 spiro atoms. The third-order valence-electron chi connectivity index (χ3n) is 2.05. The fourth-order valence-corrected chi connectivity index (χ4v) is 1.09. The van der Waals surface area contributed by atoms with Gasteiger partial charge >= 0.3 is 0 Å². The van der Waals surface area contributed by atoms with Crippen LogP contribution < -0.4 is 5.32 Å². The molecule has 19 heavy (non-hydrogen) atoms. The maximum absolute atomic E-state index is 11.3. The molecule has 0 aliphatic rings. The Balaban J connectivity index is 3.34. The fraction of sp³-hybridized carbons (Fsp3) is 0.900. The van der Waals surface area contributed by atoms with Crippen LogP contribution in [0.15, 0.2) is 5.11 Å². The maximum atomic E-state index is 11.3. The number of azide groups is 1. The summed E-state index contributed by atoms with van der Waals surface area (Å²) < 4.78 is 10.2. The number of aliphatic hydroxyl groups excluding tert-OH is 2. The van der Waals surface area contributed by atoms with Crippen molar-refractivity contribution in [1.82, 2.24) is 5.32 Å². The Bertz CT molecular complexity index is 279. The van der Waals surface area contributed by atoms with Crippen molar-refractivity contribution in [3.63, 3.8) is 0 Å². The highest BCUT2D eigenvalue weighted by Crippen LogP contribution is 1.87. The van der Waals surface area contributed by atoms with E-state index in [1.54, 1.807) is 0 Å². The Kier molecular flexibility index (Phi) is 12.1. The number of carbonyl (C=O) groups is 1. The van der Waals surface area contributed by atoms with Gasteiger partial charge in [0.05, 0.1) is 45.7 Å². The molecule has 9 heteroatoms. The molecule has 0 aromatic carbocycles. The fourth-order valence-electron chi connectivity index (χ4n) is 1.09. The molecular weight excluding hydrogens is 256 g/mol. The van der Waals surface area contributed by atoms with Crippen molar-refractivity contribution < 1.29 is 24.5 Å². The number of nitrogens with one attached hydrogen (secondary N) is 1. The molecule has 0 atom stereocenters. The Hall–Kier alpha value is -1.38. The summed E-state index contributed by atoms with van der Waals surface area (Å²) in [6, 6.07) is -0.628. The lowest BCUT2D eigenvalue weighted by Crippen LogP contribution is -2.40. The van der Waals surface area contributed by atoms with Crippen LogP contribution in [-0.2, 0) is 14.3 Å². The summed E-state index contributed by atoms with van der Waals surface area (Å²) in [4.78, 5) is 13.9. The minimum atomic E-state index is -0.628. The van der Waals surface area contributed by atoms with E-state index in [1.165, 1.54) is 0 Å². The predicted molar refractivity (Wildman–Crippen MR) is 66.4 cm³/mol. The van der Waals surface area contributed by atoms with Gasteiger partial charge in [0.25, 0.3) is 0 Å². The summed E-state index contributed by atoms with van der Waals surface area (Å²) in [5, 5.41) is 23.2. The van der Waals surface area contributed by atoms with Crippen molar-refractivity contribution in [2.24, 2.45) is 5.11 Å². The van der Waals surface area contributed by atoms with Gasteiger partial charge in [-0.05, 0) is 5.53 Å². The number of hydrogen-bond acceptors (Lipinski definition) is 6. The third kappa shape index (κ3) is 11.4. The molecule has 9 nitrogen and oxygen atoms in total. The summed E-state index contributed by atoms with van der Waals surface area (Å²) in [6.07, 6.45) is 0.148. The van der Waals surface area contributed by atoms with Crippen LogP contribution in [-0.4, -0.2) is 68.3 Å². The molecule has 0 bridgehead atoms. The van der Waals surface area contributed by atoms with Crippen molar-refractivity contribution in [3.8, 4) is 0 Å². The Morgan fingerprint density at radius 2 is 1.84 bits per heavy atom. The highest BCUT2D eigenvalue weighted by molar-refractivity contribution is 5.76. The van der Waals surface area contributed by atoms with E-state index < -0.39 is 6.04 Å². The van der Waals surface area contributed by atoms with Crippen LogP contribution in [0.4, 0.5) is 0 Å². The van der Waals surface area contributed by atoms with E-state index in [-0.39, 0.29) is 38.7 Å². The molecule has 0 heterocycles. The molecule has 0 saturated carbocycles. The standard InChI is InChI=1S/C10H20N4O5/c11-14-12-2-4-19-6-5-18-3-1-10(17)13-9(7-15)8-16/h9,15-16H,1-8H2,(H,13,17). The van der Waals surface area contributed by atoms with Gasteiger partial charge in [-0.2, -0.15) is 0 Å². The zero-order valence-corrected chi connectivity index (χ0v) is 10.7. The lowest BCUT2D eigenvalue weighted by Gasteiger charge is -2.13. The van der Waals surface area contributed by atoms with Gasteiger partial charge in [0.1, 0.15) is 0 Å². The molecule has 1 amide bonds. The zero-order valence-electron chi connectivity index (χ0n) is 10.7. The Morgan fingerprint density at radius 1 is 1.21 bits per heavy atom. The van der Waals surface area contributed by atoms with Gasteiger partial charge < -0.3 is 25.0 Å². The SMILES string of the molecule is [N-]=[N+]=NCCOCCOCCC(=O)NC(CO)CO. The molecule has 0 rings (SSSR count). The van der Waals surface area contributed by atoms with Gasteiger partial charge in [0.2, 0.25) is 5.91 Å². The van der Waals surface area contributed by atoms with Crippen LogP contribution in [0.1, 0.15) is 6.42 Å². The Morgan fingerprint density at radius 3 is 2.42 bits per heavy atom. The van der Waals surface area contributed by atoms with Crippen molar-refractivity contribution in [3.05, 3.63) is 10.4 Å². The van der Waals surface area contributed by atoms with Gasteiger partial charge in [-0.25, -0.2) is 0 Å². The molecule has 0 radical (unpaired) electrons. The van der Waals surface area contributed by atoms with Crippen molar-refractivity contribution in [2.45, 2.75) is 12.5 Å². The smallest absolute Gasteiger partial charge is 0.222 e. The summed E-state index contributed by atoms with van der Waals surface area (Å²) in [5.74, 6) is -0.294. The molecule has 3 N–H and O–H groups in total. The summed E-state index contributed by atoms with van der Waals surface area (Å²) >= 11 is 0. The molecule has 0 saturated heterocycles. The average Bonchev–Trinajstić information content (AvgIpc) is 2.43. The number of ether oxygens (including phenoxy) is 2. The van der Waals surface area contributed by atoms with E-state index >= 15 is 0 Å². The van der Waals surface area contributed by atoms with Gasteiger partial charge in [-0.15, -0.1) is 0 Å². The number of carbonyl (C=O) groups excluding carboxylic acids is 1. The topological polar surface area (TPSA) is 137 Å². The van der Waals surface area contributed by atoms with Crippen LogP contribution >= 0.6 is 0 Å². The van der Waals surface area contributed by atoms with Crippen molar-refractivity contribution in [2.75, 3.05) is 46.2 Å². The van der Waals surface area contributed by atoms with Crippen LogP contribution in [0, 0.1) is 0 Å². The first-order chi connectivity index (χ1) is 9.24. The van der Waals surface area contributed by atoms with Gasteiger partial charge in [0.15, 0.2) is 0 Å². The molecular formula is C10H20N4O5. The molecule has 0 aliphatic carbocycles. The van der Waals surface area contributed by atoms with E-state index in [1.807, 2.05) is 0 Å². The first-order valence-corrected chi connectivity index (χ1v) is 5.92. The summed E-state index contributed by atoms with van der Waals surface area (Å²) in [5.41, 5.74) is 8.00. The average molecular weight is 276 g/mol. The molecule has 110 valence electrons. The van der Waals surface area contributed by atoms with E-state index in [2.05, 4.69) is 15.3 Å². The quantitative estimate of drug-likeness (QED) is 0.185. The van der Waals surface area contributed by atoms with E-state index in [0.29, 0.717) is 19.8 Å². The largest absolute Gasteiger partial charge is 0.394 e. The first kappa shape index (κ1) is 17.6. The van der Waals surface area contributed by atoms with Crippen LogP contribution in [0.2, 0.25) is 0 Å². The molecule has 0 aromatic heterocycles. The first-order valence-electron chi connectivity index (χ1n) is 5.92. The lowest BCUT2D eigenvalue weighted by atomic mass is 10.3. The summed E-state index contributed by atoms with van der Waals surface area (Å²) in [6.45, 7) is 0.940. The molecule has 0 aliphatic heterocycles. The van der Waals surface area contributed by atoms with Crippen molar-refractivity contribution >= 4 is 5.91 Å². The highest BCUT2D eigenvalue weighted by Gasteiger charge is 2.09. The predicted octanol–water partition coefficient (Wildman–Crippen LogP) is -0.811. The monoisotopic (exact) mass is 276 g/mol. The van der Waals surface area contributed by atoms with E-state index in [9.17, 15) is 4.79 Å². The van der Waals surface area contributed by atoms with Gasteiger partial charge in [-0.1, -0.05) is 5.11 Å². The molecule has 0 fully saturated rings. The summed E-state index contributed by atoms with van der Waals surface area (Å²) in [7, 11) is 0. The number of amides is 1. The minimum absolute atomic E-state index is 0.148. The van der Waals surface area contributed by atoms with Crippen LogP contribution in [0.3, 0.4) is 0 Å². The molecule has 0 unspecified atom stereocenters. The van der Waals surface area contributed by atoms with Crippen LogP contribution in [0.5, 0.6) is 0 Å². The normalized spacial score (nSPS) is 10.3. The number of rotatable bonds is 12. The number of hydrogen-bond donors (Lipinski definition) is 3. The number of nitrogens with zero attached hydrogens (tertiary/aromatic N) is 3. The molecule has 0 aromatic rings. The minimum Gasteiger partial charge on any atom is -0.394 e. The third-order valence-corrected chi connectivity index (χ3v) is 2.05. The second kappa shape index (κ2) is 13.1. The van der Waals surface area contributed by atoms with Gasteiger partial charge in [0, 0.05) is 17.9 Å².